The van der Waals surface area contributed by atoms with E-state index in [1.807, 2.05) is 11.8 Å². The van der Waals surface area contributed by atoms with Gasteiger partial charge in [0.25, 0.3) is 11.5 Å². The number of thiophene rings is 1. The molecule has 0 spiro atoms. The molecule has 0 bridgehead atoms. The zero-order valence-corrected chi connectivity index (χ0v) is 21.0. The van der Waals surface area contributed by atoms with E-state index in [4.69, 9.17) is 4.98 Å². The van der Waals surface area contributed by atoms with Crippen LogP contribution in [0.3, 0.4) is 0 Å². The Morgan fingerprint density at radius 1 is 1.11 bits per heavy atom. The number of hydrogen-bond acceptors (Lipinski definition) is 5. The van der Waals surface area contributed by atoms with Gasteiger partial charge in [0.2, 0.25) is 5.91 Å². The molecular weight excluding hydrogens is 460 g/mol. The predicted octanol–water partition coefficient (Wildman–Crippen LogP) is 4.06. The molecule has 1 atom stereocenters. The van der Waals surface area contributed by atoms with Crippen molar-refractivity contribution < 1.29 is 9.59 Å². The van der Waals surface area contributed by atoms with E-state index in [-0.39, 0.29) is 17.4 Å². The minimum absolute atomic E-state index is 0.0317. The molecule has 0 saturated carbocycles. The fraction of sp³-hybridized carbons (Fsp3) is 0.481. The lowest BCUT2D eigenvalue weighted by Gasteiger charge is -2.31. The van der Waals surface area contributed by atoms with Gasteiger partial charge in [-0.05, 0) is 60.9 Å². The molecule has 184 valence electrons. The van der Waals surface area contributed by atoms with Crippen molar-refractivity contribution in [2.45, 2.75) is 77.4 Å². The van der Waals surface area contributed by atoms with Gasteiger partial charge in [0.05, 0.1) is 10.9 Å². The van der Waals surface area contributed by atoms with Crippen LogP contribution in [-0.2, 0) is 30.7 Å². The molecule has 0 aliphatic carbocycles. The predicted molar refractivity (Wildman–Crippen MR) is 138 cm³/mol. The summed E-state index contributed by atoms with van der Waals surface area (Å²) in [6.45, 7) is 3.99. The summed E-state index contributed by atoms with van der Waals surface area (Å²) >= 11 is 1.74. The average Bonchev–Trinajstić information content (AvgIpc) is 3.32. The fourth-order valence-electron chi connectivity index (χ4n) is 5.18. The number of carbonyl (C=O) groups excluding carboxylic acids is 2. The topological polar surface area (TPSA) is 84.3 Å². The van der Waals surface area contributed by atoms with Gasteiger partial charge in [0, 0.05) is 36.5 Å². The molecule has 0 fully saturated rings. The maximum atomic E-state index is 13.3. The molecule has 7 nitrogen and oxygen atoms in total. The zero-order chi connectivity index (χ0) is 24.4. The van der Waals surface area contributed by atoms with Gasteiger partial charge in [-0.15, -0.1) is 11.3 Å². The van der Waals surface area contributed by atoms with Crippen LogP contribution >= 0.6 is 11.3 Å². The molecule has 35 heavy (non-hydrogen) atoms. The maximum absolute atomic E-state index is 13.3. The fourth-order valence-corrected chi connectivity index (χ4v) is 6.07. The lowest BCUT2D eigenvalue weighted by Crippen LogP contribution is -2.49. The summed E-state index contributed by atoms with van der Waals surface area (Å²) in [6.07, 6.45) is 7.29. The van der Waals surface area contributed by atoms with Crippen LogP contribution in [-0.4, -0.2) is 38.9 Å². The highest BCUT2D eigenvalue weighted by molar-refractivity contribution is 7.10. The highest BCUT2D eigenvalue weighted by atomic mass is 32.1. The first kappa shape index (κ1) is 23.7. The summed E-state index contributed by atoms with van der Waals surface area (Å²) in [5, 5.41) is 5.58. The third kappa shape index (κ3) is 4.89. The summed E-state index contributed by atoms with van der Waals surface area (Å²) < 4.78 is 1.80. The van der Waals surface area contributed by atoms with Crippen LogP contribution in [0.4, 0.5) is 0 Å². The van der Waals surface area contributed by atoms with Gasteiger partial charge in [-0.3, -0.25) is 19.0 Å². The molecule has 0 saturated heterocycles. The largest absolute Gasteiger partial charge is 0.340 e. The Labute approximate surface area is 209 Å². The Kier molecular flexibility index (Phi) is 7.00. The van der Waals surface area contributed by atoms with Crippen LogP contribution in [0.5, 0.6) is 0 Å². The maximum Gasteiger partial charge on any atom is 0.261 e. The number of amides is 2. The van der Waals surface area contributed by atoms with Crippen molar-refractivity contribution in [1.82, 2.24) is 19.8 Å². The molecule has 1 aromatic carbocycles. The summed E-state index contributed by atoms with van der Waals surface area (Å²) in [5.74, 6) is 0.466. The number of carbonyl (C=O) groups is 2. The first-order valence-corrected chi connectivity index (χ1v) is 13.6. The number of aromatic nitrogens is 2. The molecule has 2 aliphatic rings. The van der Waals surface area contributed by atoms with Crippen LogP contribution in [0.1, 0.15) is 72.1 Å². The first-order valence-electron chi connectivity index (χ1n) is 12.7. The zero-order valence-electron chi connectivity index (χ0n) is 20.2. The summed E-state index contributed by atoms with van der Waals surface area (Å²) in [6, 6.07) is 6.57. The van der Waals surface area contributed by atoms with Crippen LogP contribution in [0, 0.1) is 0 Å². The van der Waals surface area contributed by atoms with Gasteiger partial charge in [-0.2, -0.15) is 0 Å². The summed E-state index contributed by atoms with van der Waals surface area (Å²) in [4.78, 5) is 47.6. The Morgan fingerprint density at radius 3 is 2.83 bits per heavy atom. The Balaban J connectivity index is 1.36. The number of benzene rings is 1. The van der Waals surface area contributed by atoms with Crippen LogP contribution < -0.4 is 10.9 Å². The normalized spacial score (nSPS) is 16.7. The second-order valence-electron chi connectivity index (χ2n) is 9.57. The van der Waals surface area contributed by atoms with E-state index in [1.165, 1.54) is 10.4 Å². The lowest BCUT2D eigenvalue weighted by molar-refractivity contribution is -0.134. The second kappa shape index (κ2) is 10.3. The minimum atomic E-state index is -0.572. The van der Waals surface area contributed by atoms with Gasteiger partial charge < -0.3 is 10.2 Å². The van der Waals surface area contributed by atoms with Crippen LogP contribution in [0.2, 0.25) is 0 Å². The standard InChI is InChI=1S/C27H32N4O3S/c1-2-7-21(27(34)30-14-11-23-19(17-30)12-15-35-23)29-25(32)18-9-10-20-22(16-18)28-24-8-5-3-4-6-13-31(24)26(20)33/h9-10,12,15-16,21H,2-8,11,13-14,17H2,1H3,(H,29,32). The average molecular weight is 493 g/mol. The van der Waals surface area contributed by atoms with Crippen molar-refractivity contribution >= 4 is 34.1 Å². The van der Waals surface area contributed by atoms with Crippen molar-refractivity contribution in [3.63, 3.8) is 0 Å². The molecular formula is C27H32N4O3S. The smallest absolute Gasteiger partial charge is 0.261 e. The van der Waals surface area contributed by atoms with Crippen molar-refractivity contribution in [3.05, 3.63) is 61.8 Å². The second-order valence-corrected chi connectivity index (χ2v) is 10.6. The van der Waals surface area contributed by atoms with Crippen molar-refractivity contribution in [1.29, 1.82) is 0 Å². The molecule has 2 aliphatic heterocycles. The van der Waals surface area contributed by atoms with Gasteiger partial charge >= 0.3 is 0 Å². The molecule has 5 rings (SSSR count). The van der Waals surface area contributed by atoms with Gasteiger partial charge in [0.1, 0.15) is 11.9 Å². The molecule has 1 N–H and O–H groups in total. The van der Waals surface area contributed by atoms with E-state index in [1.54, 1.807) is 34.1 Å². The number of hydrogen-bond donors (Lipinski definition) is 1. The number of rotatable bonds is 5. The number of nitrogens with one attached hydrogen (secondary N) is 1. The van der Waals surface area contributed by atoms with E-state index >= 15 is 0 Å². The molecule has 2 aromatic heterocycles. The third-order valence-electron chi connectivity index (χ3n) is 7.13. The molecule has 4 heterocycles. The molecule has 3 aromatic rings. The Hall–Kier alpha value is -3.00. The van der Waals surface area contributed by atoms with E-state index in [2.05, 4.69) is 16.8 Å². The van der Waals surface area contributed by atoms with E-state index in [9.17, 15) is 14.4 Å². The number of fused-ring (bicyclic) bond motifs is 3. The molecule has 2 amide bonds. The van der Waals surface area contributed by atoms with Crippen LogP contribution in [0.15, 0.2) is 34.4 Å². The lowest BCUT2D eigenvalue weighted by atomic mass is 10.0. The van der Waals surface area contributed by atoms with E-state index < -0.39 is 6.04 Å². The van der Waals surface area contributed by atoms with Crippen molar-refractivity contribution in [3.8, 4) is 0 Å². The van der Waals surface area contributed by atoms with Gasteiger partial charge in [0.15, 0.2) is 0 Å². The SMILES string of the molecule is CCCC(NC(=O)c1ccc2c(=O)n3c(nc2c1)CCCCCC3)C(=O)N1CCc2sccc2C1. The first-order chi connectivity index (χ1) is 17.0. The highest BCUT2D eigenvalue weighted by Gasteiger charge is 2.29. The summed E-state index contributed by atoms with van der Waals surface area (Å²) in [5.41, 5.74) is 2.15. The highest BCUT2D eigenvalue weighted by Crippen LogP contribution is 2.25. The molecule has 8 heteroatoms. The monoisotopic (exact) mass is 492 g/mol. The van der Waals surface area contributed by atoms with Gasteiger partial charge in [-0.25, -0.2) is 4.98 Å². The van der Waals surface area contributed by atoms with Crippen molar-refractivity contribution in [2.24, 2.45) is 0 Å². The number of aryl methyl sites for hydroxylation is 1. The Morgan fingerprint density at radius 2 is 1.97 bits per heavy atom. The summed E-state index contributed by atoms with van der Waals surface area (Å²) in [7, 11) is 0. The Bertz CT molecular complexity index is 1310. The minimum Gasteiger partial charge on any atom is -0.340 e. The van der Waals surface area contributed by atoms with Crippen molar-refractivity contribution in [2.75, 3.05) is 6.54 Å². The quantitative estimate of drug-likeness (QED) is 0.582. The molecule has 0 radical (unpaired) electrons. The van der Waals surface area contributed by atoms with Crippen LogP contribution in [0.25, 0.3) is 10.9 Å². The molecule has 1 unspecified atom stereocenters. The third-order valence-corrected chi connectivity index (χ3v) is 8.15. The number of nitrogens with zero attached hydrogens (tertiary/aromatic N) is 3. The van der Waals surface area contributed by atoms with Gasteiger partial charge in [-0.1, -0.05) is 26.2 Å². The van der Waals surface area contributed by atoms with E-state index in [0.717, 1.165) is 50.8 Å². The van der Waals surface area contributed by atoms with E-state index in [0.29, 0.717) is 42.5 Å².